The van der Waals surface area contributed by atoms with Gasteiger partial charge in [0.2, 0.25) is 5.91 Å². The smallest absolute Gasteiger partial charge is 0.308 e. The SMILES string of the molecule is CC(=O)NC(CC(=O)OCC(=O)Nc1cc2c(cc1[N+](=O)[O-])OCCCO2)c1cccs1. The molecule has 0 bridgehead atoms. The Hall–Kier alpha value is -3.67. The van der Waals surface area contributed by atoms with Crippen LogP contribution in [0.25, 0.3) is 0 Å². The number of nitrogens with one attached hydrogen (secondary N) is 2. The Morgan fingerprint density at radius 1 is 1.25 bits per heavy atom. The van der Waals surface area contributed by atoms with E-state index < -0.39 is 29.4 Å². The first-order valence-electron chi connectivity index (χ1n) is 9.67. The van der Waals surface area contributed by atoms with Crippen molar-refractivity contribution in [2.45, 2.75) is 25.8 Å². The Morgan fingerprint density at radius 2 is 1.97 bits per heavy atom. The number of carbonyl (C=O) groups is 3. The molecule has 0 fully saturated rings. The molecule has 2 heterocycles. The average Bonchev–Trinajstić information content (AvgIpc) is 3.17. The van der Waals surface area contributed by atoms with E-state index in [1.54, 1.807) is 12.1 Å². The van der Waals surface area contributed by atoms with E-state index in [2.05, 4.69) is 10.6 Å². The van der Waals surface area contributed by atoms with Crippen molar-refractivity contribution in [2.24, 2.45) is 0 Å². The fraction of sp³-hybridized carbons (Fsp3) is 0.350. The number of amides is 2. The van der Waals surface area contributed by atoms with Crippen LogP contribution in [0.3, 0.4) is 0 Å². The van der Waals surface area contributed by atoms with Gasteiger partial charge in [-0.05, 0) is 11.4 Å². The summed E-state index contributed by atoms with van der Waals surface area (Å²) in [6, 6.07) is 5.47. The first kappa shape index (κ1) is 23.0. The van der Waals surface area contributed by atoms with Crippen LogP contribution in [0.1, 0.15) is 30.7 Å². The van der Waals surface area contributed by atoms with E-state index >= 15 is 0 Å². The summed E-state index contributed by atoms with van der Waals surface area (Å²) in [5.74, 6) is -1.29. The number of hydrogen-bond donors (Lipinski definition) is 2. The molecule has 12 heteroatoms. The maximum Gasteiger partial charge on any atom is 0.308 e. The maximum absolute atomic E-state index is 12.3. The third-order valence-corrected chi connectivity index (χ3v) is 5.32. The summed E-state index contributed by atoms with van der Waals surface area (Å²) in [5.41, 5.74) is -0.479. The van der Waals surface area contributed by atoms with Crippen LogP contribution < -0.4 is 20.1 Å². The predicted octanol–water partition coefficient (Wildman–Crippen LogP) is 2.57. The molecule has 1 atom stereocenters. The summed E-state index contributed by atoms with van der Waals surface area (Å²) in [6.07, 6.45) is 0.447. The minimum Gasteiger partial charge on any atom is -0.489 e. The Labute approximate surface area is 186 Å². The molecule has 1 unspecified atom stereocenters. The number of ether oxygens (including phenoxy) is 3. The Balaban J connectivity index is 1.61. The highest BCUT2D eigenvalue weighted by Crippen LogP contribution is 2.39. The molecule has 32 heavy (non-hydrogen) atoms. The van der Waals surface area contributed by atoms with Gasteiger partial charge < -0.3 is 24.8 Å². The number of nitrogens with zero attached hydrogens (tertiary/aromatic N) is 1. The van der Waals surface area contributed by atoms with Crippen molar-refractivity contribution in [3.8, 4) is 11.5 Å². The first-order chi connectivity index (χ1) is 15.3. The van der Waals surface area contributed by atoms with Crippen molar-refractivity contribution in [3.05, 3.63) is 44.6 Å². The largest absolute Gasteiger partial charge is 0.489 e. The van der Waals surface area contributed by atoms with Gasteiger partial charge >= 0.3 is 5.97 Å². The fourth-order valence-electron chi connectivity index (χ4n) is 2.96. The van der Waals surface area contributed by atoms with E-state index in [0.29, 0.717) is 19.6 Å². The summed E-state index contributed by atoms with van der Waals surface area (Å²) in [6.45, 7) is 1.41. The van der Waals surface area contributed by atoms with Crippen LogP contribution >= 0.6 is 11.3 Å². The van der Waals surface area contributed by atoms with Crippen LogP contribution in [0.2, 0.25) is 0 Å². The molecule has 2 N–H and O–H groups in total. The lowest BCUT2D eigenvalue weighted by molar-refractivity contribution is -0.384. The lowest BCUT2D eigenvalue weighted by Crippen LogP contribution is -2.29. The van der Waals surface area contributed by atoms with Crippen molar-refractivity contribution < 1.29 is 33.5 Å². The van der Waals surface area contributed by atoms with Crippen molar-refractivity contribution in [2.75, 3.05) is 25.1 Å². The molecule has 1 aromatic carbocycles. The topological polar surface area (TPSA) is 146 Å². The number of rotatable bonds is 8. The number of hydrogen-bond acceptors (Lipinski definition) is 9. The van der Waals surface area contributed by atoms with Gasteiger partial charge in [-0.25, -0.2) is 0 Å². The van der Waals surface area contributed by atoms with Crippen LogP contribution in [0.5, 0.6) is 11.5 Å². The fourth-order valence-corrected chi connectivity index (χ4v) is 3.74. The molecule has 2 aromatic rings. The summed E-state index contributed by atoms with van der Waals surface area (Å²) in [4.78, 5) is 47.4. The van der Waals surface area contributed by atoms with E-state index in [1.165, 1.54) is 30.4 Å². The summed E-state index contributed by atoms with van der Waals surface area (Å²) in [5, 5.41) is 18.2. The highest BCUT2D eigenvalue weighted by molar-refractivity contribution is 7.10. The van der Waals surface area contributed by atoms with Gasteiger partial charge in [0.05, 0.1) is 36.7 Å². The Bertz CT molecular complexity index is 1010. The number of nitro benzene ring substituents is 1. The highest BCUT2D eigenvalue weighted by atomic mass is 32.1. The lowest BCUT2D eigenvalue weighted by Gasteiger charge is -2.16. The van der Waals surface area contributed by atoms with Gasteiger partial charge in [-0.2, -0.15) is 0 Å². The molecule has 0 spiro atoms. The molecule has 11 nitrogen and oxygen atoms in total. The molecule has 0 aliphatic carbocycles. The number of esters is 1. The molecule has 170 valence electrons. The van der Waals surface area contributed by atoms with Crippen LogP contribution in [0.4, 0.5) is 11.4 Å². The molecular formula is C20H21N3O8S. The number of carbonyl (C=O) groups excluding carboxylic acids is 3. The van der Waals surface area contributed by atoms with E-state index in [1.807, 2.05) is 5.38 Å². The molecule has 2 amide bonds. The summed E-state index contributed by atoms with van der Waals surface area (Å²) < 4.78 is 15.9. The van der Waals surface area contributed by atoms with Gasteiger partial charge in [0.1, 0.15) is 5.69 Å². The number of anilines is 1. The number of fused-ring (bicyclic) bond motifs is 1. The van der Waals surface area contributed by atoms with Gasteiger partial charge in [0.15, 0.2) is 18.1 Å². The minimum atomic E-state index is -0.761. The van der Waals surface area contributed by atoms with E-state index in [4.69, 9.17) is 14.2 Å². The number of thiophene rings is 1. The second-order valence-electron chi connectivity index (χ2n) is 6.81. The quantitative estimate of drug-likeness (QED) is 0.345. The van der Waals surface area contributed by atoms with Crippen molar-refractivity contribution in [1.82, 2.24) is 5.32 Å². The zero-order valence-electron chi connectivity index (χ0n) is 17.1. The highest BCUT2D eigenvalue weighted by Gasteiger charge is 2.24. The van der Waals surface area contributed by atoms with Gasteiger partial charge in [0.25, 0.3) is 11.6 Å². The van der Waals surface area contributed by atoms with Crippen LogP contribution in [0.15, 0.2) is 29.6 Å². The van der Waals surface area contributed by atoms with Gasteiger partial charge in [-0.3, -0.25) is 24.5 Å². The third-order valence-electron chi connectivity index (χ3n) is 4.34. The molecule has 1 aliphatic heterocycles. The van der Waals surface area contributed by atoms with E-state index in [9.17, 15) is 24.5 Å². The number of nitro groups is 1. The van der Waals surface area contributed by atoms with Crippen LogP contribution in [-0.4, -0.2) is 42.5 Å². The van der Waals surface area contributed by atoms with Gasteiger partial charge in [0, 0.05) is 24.3 Å². The van der Waals surface area contributed by atoms with Crippen LogP contribution in [0, 0.1) is 10.1 Å². The lowest BCUT2D eigenvalue weighted by atomic mass is 10.1. The third kappa shape index (κ3) is 6.17. The van der Waals surface area contributed by atoms with E-state index in [0.717, 1.165) is 4.88 Å². The van der Waals surface area contributed by atoms with Crippen molar-refractivity contribution in [3.63, 3.8) is 0 Å². The van der Waals surface area contributed by atoms with Gasteiger partial charge in [-0.15, -0.1) is 11.3 Å². The monoisotopic (exact) mass is 463 g/mol. The molecule has 1 aromatic heterocycles. The first-order valence-corrected chi connectivity index (χ1v) is 10.6. The summed E-state index contributed by atoms with van der Waals surface area (Å²) in [7, 11) is 0. The molecular weight excluding hydrogens is 442 g/mol. The average molecular weight is 463 g/mol. The zero-order chi connectivity index (χ0) is 23.1. The molecule has 0 radical (unpaired) electrons. The normalized spacial score (nSPS) is 13.4. The van der Waals surface area contributed by atoms with E-state index in [-0.39, 0.29) is 35.2 Å². The Kier molecular flexibility index (Phi) is 7.60. The zero-order valence-corrected chi connectivity index (χ0v) is 17.9. The molecule has 3 rings (SSSR count). The van der Waals surface area contributed by atoms with Crippen LogP contribution in [-0.2, 0) is 19.1 Å². The molecule has 0 saturated carbocycles. The van der Waals surface area contributed by atoms with Crippen molar-refractivity contribution in [1.29, 1.82) is 0 Å². The second kappa shape index (κ2) is 10.6. The Morgan fingerprint density at radius 3 is 2.59 bits per heavy atom. The number of benzene rings is 1. The second-order valence-corrected chi connectivity index (χ2v) is 7.78. The maximum atomic E-state index is 12.3. The molecule has 0 saturated heterocycles. The van der Waals surface area contributed by atoms with Crippen molar-refractivity contribution >= 4 is 40.5 Å². The minimum absolute atomic E-state index is 0.102. The molecule has 1 aliphatic rings. The summed E-state index contributed by atoms with van der Waals surface area (Å²) >= 11 is 1.37. The predicted molar refractivity (Wildman–Crippen MR) is 114 cm³/mol. The van der Waals surface area contributed by atoms with Gasteiger partial charge in [-0.1, -0.05) is 6.07 Å². The standard InChI is InChI=1S/C20H21N3O8S/c1-12(24)21-14(18-4-2-7-32-18)9-20(26)31-11-19(25)22-13-8-16-17(10-15(13)23(27)28)30-6-3-5-29-16/h2,4,7-8,10,14H,3,5-6,9,11H2,1H3,(H,21,24)(H,22,25).